The van der Waals surface area contributed by atoms with Crippen molar-refractivity contribution < 1.29 is 0 Å². The molecule has 150 valence electrons. The van der Waals surface area contributed by atoms with E-state index in [9.17, 15) is 0 Å². The maximum atomic E-state index is 8.09. The number of hydrogen-bond acceptors (Lipinski definition) is 1. The van der Waals surface area contributed by atoms with Crippen molar-refractivity contribution in [3.05, 3.63) is 0 Å². The first-order valence-corrected chi connectivity index (χ1v) is 11.8. The number of hydrogen-bond donors (Lipinski definition) is 1. The van der Waals surface area contributed by atoms with Crippen molar-refractivity contribution in [2.45, 2.75) is 112 Å². The molecule has 0 heterocycles. The molecule has 0 spiro atoms. The summed E-state index contributed by atoms with van der Waals surface area (Å²) in [4.78, 5) is 0. The minimum Gasteiger partial charge on any atom is -0.310 e. The average Bonchev–Trinajstić information content (AvgIpc) is 2.53. The minimum absolute atomic E-state index is 0.517. The van der Waals surface area contributed by atoms with E-state index in [4.69, 9.17) is 5.41 Å². The van der Waals surface area contributed by atoms with Crippen LogP contribution in [0.15, 0.2) is 0 Å². The van der Waals surface area contributed by atoms with Crippen LogP contribution in [0.5, 0.6) is 0 Å². The van der Waals surface area contributed by atoms with Gasteiger partial charge < -0.3 is 5.41 Å². The molecule has 3 aliphatic rings. The largest absolute Gasteiger partial charge is 0.310 e. The van der Waals surface area contributed by atoms with Gasteiger partial charge in [0.2, 0.25) is 0 Å². The van der Waals surface area contributed by atoms with E-state index in [1.807, 2.05) is 6.92 Å². The summed E-state index contributed by atoms with van der Waals surface area (Å²) in [7, 11) is 0. The van der Waals surface area contributed by atoms with Crippen LogP contribution in [-0.2, 0) is 0 Å². The second-order valence-corrected chi connectivity index (χ2v) is 11.6. The van der Waals surface area contributed by atoms with E-state index in [-0.39, 0.29) is 0 Å². The van der Waals surface area contributed by atoms with Gasteiger partial charge in [-0.2, -0.15) is 0 Å². The van der Waals surface area contributed by atoms with Gasteiger partial charge in [-0.15, -0.1) is 0 Å². The molecule has 26 heavy (non-hydrogen) atoms. The molecular weight excluding hydrogens is 314 g/mol. The highest BCUT2D eigenvalue weighted by Crippen LogP contribution is 2.60. The molecule has 3 fully saturated rings. The molecule has 0 aromatic rings. The van der Waals surface area contributed by atoms with Crippen molar-refractivity contribution in [2.75, 3.05) is 0 Å². The Balaban J connectivity index is 1.81. The molecule has 3 rings (SSSR count). The fraction of sp³-hybridized carbons (Fsp3) is 0.960. The fourth-order valence-corrected chi connectivity index (χ4v) is 7.61. The van der Waals surface area contributed by atoms with E-state index in [0.717, 1.165) is 41.7 Å². The van der Waals surface area contributed by atoms with E-state index in [2.05, 4.69) is 27.7 Å². The third kappa shape index (κ3) is 4.39. The summed E-state index contributed by atoms with van der Waals surface area (Å²) in [6.45, 7) is 12.2. The zero-order chi connectivity index (χ0) is 18.9. The second-order valence-electron chi connectivity index (χ2n) is 11.6. The Hall–Kier alpha value is -0.330. The zero-order valence-corrected chi connectivity index (χ0v) is 18.4. The summed E-state index contributed by atoms with van der Waals surface area (Å²) in [6.07, 6.45) is 17.0. The molecular formula is C25H45N. The van der Waals surface area contributed by atoms with Crippen molar-refractivity contribution in [1.82, 2.24) is 0 Å². The Morgan fingerprint density at radius 3 is 2.38 bits per heavy atom. The van der Waals surface area contributed by atoms with Gasteiger partial charge in [0.15, 0.2) is 0 Å². The number of nitrogens with one attached hydrogen (secondary N) is 1. The first-order valence-electron chi connectivity index (χ1n) is 11.8. The lowest BCUT2D eigenvalue weighted by Crippen LogP contribution is -2.49. The first kappa shape index (κ1) is 20.4. The normalized spacial score (nSPS) is 43.8. The van der Waals surface area contributed by atoms with Crippen LogP contribution in [0.3, 0.4) is 0 Å². The number of rotatable bonds is 2. The summed E-state index contributed by atoms with van der Waals surface area (Å²) in [5.74, 6) is 4.59. The van der Waals surface area contributed by atoms with Crippen LogP contribution in [0.4, 0.5) is 0 Å². The second kappa shape index (κ2) is 7.96. The van der Waals surface area contributed by atoms with Crippen LogP contribution in [0.2, 0.25) is 0 Å². The molecule has 3 aliphatic carbocycles. The molecule has 1 heteroatoms. The van der Waals surface area contributed by atoms with Gasteiger partial charge in [-0.05, 0) is 98.7 Å². The molecule has 0 bridgehead atoms. The maximum Gasteiger partial charge on any atom is 0.00611 e. The fourth-order valence-electron chi connectivity index (χ4n) is 7.61. The quantitative estimate of drug-likeness (QED) is 0.485. The molecule has 1 N–H and O–H groups in total. The van der Waals surface area contributed by atoms with Crippen molar-refractivity contribution >= 4 is 5.71 Å². The van der Waals surface area contributed by atoms with Gasteiger partial charge in [0.05, 0.1) is 0 Å². The van der Waals surface area contributed by atoms with E-state index in [1.54, 1.807) is 0 Å². The van der Waals surface area contributed by atoms with Gasteiger partial charge in [0, 0.05) is 5.71 Å². The maximum absolute atomic E-state index is 8.09. The molecule has 0 aromatic heterocycles. The van der Waals surface area contributed by atoms with Crippen LogP contribution in [0, 0.1) is 45.8 Å². The average molecular weight is 360 g/mol. The minimum atomic E-state index is 0.517. The third-order valence-corrected chi connectivity index (χ3v) is 8.90. The van der Waals surface area contributed by atoms with Crippen LogP contribution in [0.1, 0.15) is 112 Å². The molecule has 3 unspecified atom stereocenters. The van der Waals surface area contributed by atoms with E-state index < -0.39 is 0 Å². The molecule has 0 amide bonds. The van der Waals surface area contributed by atoms with Crippen molar-refractivity contribution in [3.63, 3.8) is 0 Å². The van der Waals surface area contributed by atoms with Crippen LogP contribution < -0.4 is 0 Å². The molecule has 0 radical (unpaired) electrons. The smallest absolute Gasteiger partial charge is 0.00611 e. The Morgan fingerprint density at radius 2 is 1.65 bits per heavy atom. The lowest BCUT2D eigenvalue weighted by Gasteiger charge is -2.57. The van der Waals surface area contributed by atoms with Gasteiger partial charge >= 0.3 is 0 Å². The summed E-state index contributed by atoms with van der Waals surface area (Å²) in [5, 5.41) is 8.09. The van der Waals surface area contributed by atoms with Gasteiger partial charge in [0.1, 0.15) is 0 Å². The molecule has 1 nitrogen and oxygen atoms in total. The van der Waals surface area contributed by atoms with Crippen LogP contribution >= 0.6 is 0 Å². The van der Waals surface area contributed by atoms with Crippen molar-refractivity contribution in [3.8, 4) is 0 Å². The van der Waals surface area contributed by atoms with Crippen molar-refractivity contribution in [2.24, 2.45) is 40.4 Å². The zero-order valence-electron chi connectivity index (χ0n) is 18.4. The van der Waals surface area contributed by atoms with Gasteiger partial charge in [-0.25, -0.2) is 0 Å². The van der Waals surface area contributed by atoms with Gasteiger partial charge in [-0.1, -0.05) is 53.4 Å². The Kier molecular flexibility index (Phi) is 6.25. The van der Waals surface area contributed by atoms with Gasteiger partial charge in [-0.3, -0.25) is 0 Å². The van der Waals surface area contributed by atoms with Crippen LogP contribution in [0.25, 0.3) is 0 Å². The Morgan fingerprint density at radius 1 is 0.923 bits per heavy atom. The van der Waals surface area contributed by atoms with Crippen molar-refractivity contribution in [1.29, 1.82) is 5.41 Å². The van der Waals surface area contributed by atoms with E-state index in [0.29, 0.717) is 10.8 Å². The summed E-state index contributed by atoms with van der Waals surface area (Å²) in [5.41, 5.74) is 1.96. The lowest BCUT2D eigenvalue weighted by molar-refractivity contribution is -0.0683. The highest BCUT2D eigenvalue weighted by Gasteiger charge is 2.51. The standard InChI is InChI=1S/C25H45N/c1-18-8-6-9-20-12-15-25(5)21(16-19(2)26)10-7-11-23(25)22(20)13-14-24(3,4)17-18/h18,20-23,26H,6-17H2,1-5H3/t18-,20?,21+,22+,23?,25?/m0/s1. The molecule has 6 atom stereocenters. The Labute approximate surface area is 163 Å². The number of fused-ring (bicyclic) bond motifs is 3. The first-order chi connectivity index (χ1) is 12.2. The highest BCUT2D eigenvalue weighted by molar-refractivity contribution is 5.78. The molecule has 0 saturated heterocycles. The SMILES string of the molecule is CC(=N)C[C@H]1CCCC2[C@@H]3CCC(C)(C)C[C@@H](C)CCCC3CCC21C. The third-order valence-electron chi connectivity index (χ3n) is 8.90. The molecule has 0 aromatic carbocycles. The predicted octanol–water partition coefficient (Wildman–Crippen LogP) is 7.88. The summed E-state index contributed by atoms with van der Waals surface area (Å²) < 4.78 is 0. The summed E-state index contributed by atoms with van der Waals surface area (Å²) >= 11 is 0. The monoisotopic (exact) mass is 359 g/mol. The highest BCUT2D eigenvalue weighted by atomic mass is 14.6. The summed E-state index contributed by atoms with van der Waals surface area (Å²) in [6, 6.07) is 0. The topological polar surface area (TPSA) is 23.9 Å². The van der Waals surface area contributed by atoms with Crippen LogP contribution in [-0.4, -0.2) is 5.71 Å². The predicted molar refractivity (Wildman–Crippen MR) is 114 cm³/mol. The van der Waals surface area contributed by atoms with E-state index >= 15 is 0 Å². The molecule has 3 saturated carbocycles. The Bertz CT molecular complexity index is 492. The van der Waals surface area contributed by atoms with Gasteiger partial charge in [0.25, 0.3) is 0 Å². The van der Waals surface area contributed by atoms with E-state index in [1.165, 1.54) is 70.6 Å². The lowest BCUT2D eigenvalue weighted by atomic mass is 9.48. The molecule has 0 aliphatic heterocycles.